The molecular formula is C9H17F3O2. The van der Waals surface area contributed by atoms with Gasteiger partial charge in [-0.05, 0) is 19.3 Å². The molecule has 5 heteroatoms. The van der Waals surface area contributed by atoms with E-state index in [9.17, 15) is 18.3 Å². The number of hydrogen-bond donors (Lipinski definition) is 2. The monoisotopic (exact) mass is 214 g/mol. The SMILES string of the molecule is CC(C)CC(O)CC(C)(O)C(F)(F)F. The molecule has 0 aromatic heterocycles. The molecule has 0 spiro atoms. The van der Waals surface area contributed by atoms with Crippen LogP contribution in [0.1, 0.15) is 33.6 Å². The maximum Gasteiger partial charge on any atom is 0.416 e. The molecule has 2 nitrogen and oxygen atoms in total. The van der Waals surface area contributed by atoms with Crippen molar-refractivity contribution in [3.8, 4) is 0 Å². The Balaban J connectivity index is 4.22. The molecule has 0 aliphatic heterocycles. The van der Waals surface area contributed by atoms with E-state index in [4.69, 9.17) is 5.11 Å². The van der Waals surface area contributed by atoms with E-state index in [0.717, 1.165) is 0 Å². The second-order valence-corrected chi connectivity index (χ2v) is 4.26. The van der Waals surface area contributed by atoms with Crippen molar-refractivity contribution < 1.29 is 23.4 Å². The maximum atomic E-state index is 12.2. The molecule has 2 N–H and O–H groups in total. The highest BCUT2D eigenvalue weighted by Crippen LogP contribution is 2.34. The van der Waals surface area contributed by atoms with Crippen LogP contribution < -0.4 is 0 Å². The Morgan fingerprint density at radius 1 is 1.21 bits per heavy atom. The lowest BCUT2D eigenvalue weighted by Gasteiger charge is -2.28. The first-order valence-corrected chi connectivity index (χ1v) is 4.53. The summed E-state index contributed by atoms with van der Waals surface area (Å²) in [5.74, 6) is 0.106. The quantitative estimate of drug-likeness (QED) is 0.752. The molecule has 0 aromatic rings. The van der Waals surface area contributed by atoms with Crippen LogP contribution in [0.3, 0.4) is 0 Å². The molecule has 2 atom stereocenters. The molecule has 2 unspecified atom stereocenters. The van der Waals surface area contributed by atoms with Crippen molar-refractivity contribution in [3.05, 3.63) is 0 Å². The highest BCUT2D eigenvalue weighted by atomic mass is 19.4. The highest BCUT2D eigenvalue weighted by Gasteiger charge is 2.50. The van der Waals surface area contributed by atoms with Gasteiger partial charge in [-0.2, -0.15) is 13.2 Å². The van der Waals surface area contributed by atoms with Gasteiger partial charge in [0.25, 0.3) is 0 Å². The molecule has 0 amide bonds. The molecule has 0 fully saturated rings. The van der Waals surface area contributed by atoms with Crippen LogP contribution in [0.15, 0.2) is 0 Å². The number of rotatable bonds is 4. The van der Waals surface area contributed by atoms with Crippen LogP contribution in [-0.4, -0.2) is 28.1 Å². The summed E-state index contributed by atoms with van der Waals surface area (Å²) in [6.07, 6.45) is -6.22. The summed E-state index contributed by atoms with van der Waals surface area (Å²) in [7, 11) is 0. The van der Waals surface area contributed by atoms with Crippen molar-refractivity contribution in [1.29, 1.82) is 0 Å². The first-order valence-electron chi connectivity index (χ1n) is 4.53. The van der Waals surface area contributed by atoms with Crippen LogP contribution in [-0.2, 0) is 0 Å². The fourth-order valence-corrected chi connectivity index (χ4v) is 1.20. The normalized spacial score (nSPS) is 19.5. The van der Waals surface area contributed by atoms with Gasteiger partial charge in [-0.15, -0.1) is 0 Å². The molecule has 0 saturated carbocycles. The Hall–Kier alpha value is -0.290. The molecule has 0 bridgehead atoms. The lowest BCUT2D eigenvalue weighted by molar-refractivity contribution is -0.261. The van der Waals surface area contributed by atoms with Gasteiger partial charge in [0.2, 0.25) is 0 Å². The number of aliphatic hydroxyl groups excluding tert-OH is 1. The van der Waals surface area contributed by atoms with Gasteiger partial charge in [0, 0.05) is 6.42 Å². The minimum atomic E-state index is -4.69. The van der Waals surface area contributed by atoms with Crippen molar-refractivity contribution in [2.45, 2.75) is 51.5 Å². The van der Waals surface area contributed by atoms with Crippen molar-refractivity contribution in [3.63, 3.8) is 0 Å². The Morgan fingerprint density at radius 2 is 1.64 bits per heavy atom. The van der Waals surface area contributed by atoms with Gasteiger partial charge in [0.05, 0.1) is 6.10 Å². The molecule has 0 radical (unpaired) electrons. The van der Waals surface area contributed by atoms with Gasteiger partial charge < -0.3 is 10.2 Å². The number of hydrogen-bond acceptors (Lipinski definition) is 2. The lowest BCUT2D eigenvalue weighted by atomic mass is 9.93. The van der Waals surface area contributed by atoms with E-state index in [1.807, 2.05) is 0 Å². The molecule has 0 rings (SSSR count). The van der Waals surface area contributed by atoms with Crippen LogP contribution in [0.4, 0.5) is 13.2 Å². The third-order valence-corrected chi connectivity index (χ3v) is 1.99. The predicted octanol–water partition coefficient (Wildman–Crippen LogP) is 2.10. The highest BCUT2D eigenvalue weighted by molar-refractivity contribution is 4.84. The van der Waals surface area contributed by atoms with Gasteiger partial charge in [-0.3, -0.25) is 0 Å². The Morgan fingerprint density at radius 3 is 1.93 bits per heavy atom. The molecule has 0 aliphatic rings. The van der Waals surface area contributed by atoms with Crippen LogP contribution in [0.2, 0.25) is 0 Å². The zero-order chi connectivity index (χ0) is 11.6. The van der Waals surface area contributed by atoms with Crippen molar-refractivity contribution >= 4 is 0 Å². The fraction of sp³-hybridized carbons (Fsp3) is 1.00. The van der Waals surface area contributed by atoms with Crippen LogP contribution >= 0.6 is 0 Å². The van der Waals surface area contributed by atoms with E-state index in [-0.39, 0.29) is 12.3 Å². The average molecular weight is 214 g/mol. The predicted molar refractivity (Wildman–Crippen MR) is 46.8 cm³/mol. The summed E-state index contributed by atoms with van der Waals surface area (Å²) in [5.41, 5.74) is -2.80. The zero-order valence-electron chi connectivity index (χ0n) is 8.60. The third-order valence-electron chi connectivity index (χ3n) is 1.99. The van der Waals surface area contributed by atoms with Gasteiger partial charge in [-0.25, -0.2) is 0 Å². The summed E-state index contributed by atoms with van der Waals surface area (Å²) in [5, 5.41) is 18.3. The van der Waals surface area contributed by atoms with Gasteiger partial charge in [0.15, 0.2) is 5.60 Å². The third kappa shape index (κ3) is 4.28. The van der Waals surface area contributed by atoms with Gasteiger partial charge in [0.1, 0.15) is 0 Å². The first-order chi connectivity index (χ1) is 6.06. The second kappa shape index (κ2) is 4.49. The number of halogens is 3. The van der Waals surface area contributed by atoms with E-state index >= 15 is 0 Å². The minimum Gasteiger partial charge on any atom is -0.393 e. The largest absolute Gasteiger partial charge is 0.416 e. The van der Waals surface area contributed by atoms with Crippen LogP contribution in [0.25, 0.3) is 0 Å². The Kier molecular flexibility index (Phi) is 4.39. The van der Waals surface area contributed by atoms with Crippen LogP contribution in [0.5, 0.6) is 0 Å². The fourth-order valence-electron chi connectivity index (χ4n) is 1.20. The lowest BCUT2D eigenvalue weighted by Crippen LogP contribution is -2.44. The van der Waals surface area contributed by atoms with E-state index in [1.54, 1.807) is 13.8 Å². The minimum absolute atomic E-state index is 0.106. The van der Waals surface area contributed by atoms with E-state index in [0.29, 0.717) is 6.92 Å². The van der Waals surface area contributed by atoms with Gasteiger partial charge in [-0.1, -0.05) is 13.8 Å². The standard InChI is InChI=1S/C9H17F3O2/c1-6(2)4-7(13)5-8(3,14)9(10,11)12/h6-7,13-14H,4-5H2,1-3H3. The summed E-state index contributed by atoms with van der Waals surface area (Å²) in [6, 6.07) is 0. The molecular weight excluding hydrogens is 197 g/mol. The topological polar surface area (TPSA) is 40.5 Å². The van der Waals surface area contributed by atoms with Crippen molar-refractivity contribution in [1.82, 2.24) is 0 Å². The van der Waals surface area contributed by atoms with Crippen LogP contribution in [0, 0.1) is 5.92 Å². The molecule has 0 aromatic carbocycles. The molecule has 0 heterocycles. The summed E-state index contributed by atoms with van der Waals surface area (Å²) in [4.78, 5) is 0. The molecule has 0 saturated heterocycles. The second-order valence-electron chi connectivity index (χ2n) is 4.26. The van der Waals surface area contributed by atoms with Crippen molar-refractivity contribution in [2.75, 3.05) is 0 Å². The Labute approximate surface area is 81.7 Å². The van der Waals surface area contributed by atoms with E-state index in [2.05, 4.69) is 0 Å². The smallest absolute Gasteiger partial charge is 0.393 e. The Bertz CT molecular complexity index is 175. The molecule has 14 heavy (non-hydrogen) atoms. The zero-order valence-corrected chi connectivity index (χ0v) is 8.60. The summed E-state index contributed by atoms with van der Waals surface area (Å²) < 4.78 is 36.5. The summed E-state index contributed by atoms with van der Waals surface area (Å²) >= 11 is 0. The van der Waals surface area contributed by atoms with Gasteiger partial charge >= 0.3 is 6.18 Å². The average Bonchev–Trinajstić information content (AvgIpc) is 1.79. The first kappa shape index (κ1) is 13.7. The van der Waals surface area contributed by atoms with E-state index in [1.165, 1.54) is 0 Å². The van der Waals surface area contributed by atoms with Crippen molar-refractivity contribution in [2.24, 2.45) is 5.92 Å². The maximum absolute atomic E-state index is 12.2. The van der Waals surface area contributed by atoms with E-state index < -0.39 is 24.3 Å². The molecule has 0 aliphatic carbocycles. The summed E-state index contributed by atoms with van der Waals surface area (Å²) in [6.45, 7) is 4.27. The number of alkyl halides is 3. The molecule has 86 valence electrons. The number of aliphatic hydroxyl groups is 2.